The molecule has 1 aromatic heterocycles. The zero-order chi connectivity index (χ0) is 15.3. The maximum absolute atomic E-state index is 6.03. The number of aryl methyl sites for hydroxylation is 1. The standard InChI is InChI=1S/C18H30N2O/c1-5-18(6-2,21-4)17(19-7-3)15-12-8-10-14-11-9-13-20-16(14)15/h9,11,13,15,17,19H,5-8,10,12H2,1-4H3. The summed E-state index contributed by atoms with van der Waals surface area (Å²) in [7, 11) is 1.86. The molecule has 0 saturated heterocycles. The third-order valence-electron chi connectivity index (χ3n) is 5.24. The second-order valence-electron chi connectivity index (χ2n) is 6.06. The molecule has 0 radical (unpaired) electrons. The van der Waals surface area contributed by atoms with E-state index in [-0.39, 0.29) is 5.60 Å². The molecular formula is C18H30N2O. The van der Waals surface area contributed by atoms with Gasteiger partial charge >= 0.3 is 0 Å². The van der Waals surface area contributed by atoms with Gasteiger partial charge in [-0.25, -0.2) is 0 Å². The van der Waals surface area contributed by atoms with Gasteiger partial charge in [0.1, 0.15) is 0 Å². The highest BCUT2D eigenvalue weighted by Gasteiger charge is 2.42. The minimum atomic E-state index is -0.104. The Labute approximate surface area is 129 Å². The van der Waals surface area contributed by atoms with Crippen molar-refractivity contribution in [1.82, 2.24) is 10.3 Å². The number of aromatic nitrogens is 1. The van der Waals surface area contributed by atoms with Crippen LogP contribution in [0, 0.1) is 0 Å². The number of methoxy groups -OCH3 is 1. The summed E-state index contributed by atoms with van der Waals surface area (Å²) in [5, 5.41) is 3.72. The van der Waals surface area contributed by atoms with E-state index in [1.165, 1.54) is 24.1 Å². The second-order valence-corrected chi connectivity index (χ2v) is 6.06. The Morgan fingerprint density at radius 1 is 1.38 bits per heavy atom. The number of likely N-dealkylation sites (N-methyl/N-ethyl adjacent to an activating group) is 1. The SMILES string of the molecule is CCNC(C1CCCc2cccnc21)C(CC)(CC)OC. The Morgan fingerprint density at radius 3 is 2.76 bits per heavy atom. The Balaban J connectivity index is 2.39. The molecule has 1 aliphatic rings. The fraction of sp³-hybridized carbons (Fsp3) is 0.722. The lowest BCUT2D eigenvalue weighted by Crippen LogP contribution is -2.55. The van der Waals surface area contributed by atoms with E-state index in [2.05, 4.69) is 38.2 Å². The van der Waals surface area contributed by atoms with E-state index in [0.29, 0.717) is 12.0 Å². The maximum atomic E-state index is 6.03. The molecule has 1 aliphatic carbocycles. The van der Waals surface area contributed by atoms with Gasteiger partial charge in [-0.1, -0.05) is 26.8 Å². The van der Waals surface area contributed by atoms with E-state index in [1.54, 1.807) is 0 Å². The fourth-order valence-electron chi connectivity index (χ4n) is 3.99. The normalized spacial score (nSPS) is 20.1. The maximum Gasteiger partial charge on any atom is 0.0832 e. The first-order chi connectivity index (χ1) is 10.2. The summed E-state index contributed by atoms with van der Waals surface area (Å²) in [6.07, 6.45) is 7.60. The van der Waals surface area contributed by atoms with Crippen molar-refractivity contribution in [3.8, 4) is 0 Å². The molecule has 118 valence electrons. The largest absolute Gasteiger partial charge is 0.377 e. The van der Waals surface area contributed by atoms with Gasteiger partial charge in [-0.3, -0.25) is 4.98 Å². The summed E-state index contributed by atoms with van der Waals surface area (Å²) >= 11 is 0. The number of rotatable bonds is 7. The van der Waals surface area contributed by atoms with E-state index in [0.717, 1.165) is 25.8 Å². The number of nitrogens with one attached hydrogen (secondary N) is 1. The number of hydrogen-bond donors (Lipinski definition) is 1. The van der Waals surface area contributed by atoms with Crippen LogP contribution in [0.3, 0.4) is 0 Å². The van der Waals surface area contributed by atoms with Crippen molar-refractivity contribution in [1.29, 1.82) is 0 Å². The number of nitrogens with zero attached hydrogens (tertiary/aromatic N) is 1. The van der Waals surface area contributed by atoms with Crippen LogP contribution in [0.15, 0.2) is 18.3 Å². The molecule has 2 rings (SSSR count). The topological polar surface area (TPSA) is 34.2 Å². The first-order valence-corrected chi connectivity index (χ1v) is 8.44. The van der Waals surface area contributed by atoms with Crippen molar-refractivity contribution in [3.05, 3.63) is 29.6 Å². The minimum absolute atomic E-state index is 0.104. The Morgan fingerprint density at radius 2 is 2.14 bits per heavy atom. The zero-order valence-electron chi connectivity index (χ0n) is 14.0. The minimum Gasteiger partial charge on any atom is -0.377 e. The molecule has 0 bridgehead atoms. The highest BCUT2D eigenvalue weighted by atomic mass is 16.5. The number of ether oxygens (including phenoxy) is 1. The number of fused-ring (bicyclic) bond motifs is 1. The van der Waals surface area contributed by atoms with Gasteiger partial charge in [0.25, 0.3) is 0 Å². The lowest BCUT2D eigenvalue weighted by atomic mass is 9.73. The Kier molecular flexibility index (Phi) is 5.77. The zero-order valence-corrected chi connectivity index (χ0v) is 14.0. The van der Waals surface area contributed by atoms with Crippen LogP contribution in [0.1, 0.15) is 63.6 Å². The van der Waals surface area contributed by atoms with Crippen LogP contribution in [0.5, 0.6) is 0 Å². The van der Waals surface area contributed by atoms with Gasteiger partial charge in [0.15, 0.2) is 0 Å². The van der Waals surface area contributed by atoms with Crippen LogP contribution in [0.25, 0.3) is 0 Å². The molecule has 2 atom stereocenters. The quantitative estimate of drug-likeness (QED) is 0.831. The molecule has 21 heavy (non-hydrogen) atoms. The number of pyridine rings is 1. The molecule has 0 aromatic carbocycles. The molecule has 0 aliphatic heterocycles. The molecule has 1 N–H and O–H groups in total. The van der Waals surface area contributed by atoms with Crippen molar-refractivity contribution in [2.24, 2.45) is 0 Å². The van der Waals surface area contributed by atoms with Crippen LogP contribution in [0.2, 0.25) is 0 Å². The monoisotopic (exact) mass is 290 g/mol. The van der Waals surface area contributed by atoms with Gasteiger partial charge < -0.3 is 10.1 Å². The van der Waals surface area contributed by atoms with Gasteiger partial charge in [0.05, 0.1) is 5.60 Å². The summed E-state index contributed by atoms with van der Waals surface area (Å²) < 4.78 is 6.03. The van der Waals surface area contributed by atoms with Crippen LogP contribution in [-0.4, -0.2) is 30.3 Å². The third kappa shape index (κ3) is 3.14. The van der Waals surface area contributed by atoms with Crippen molar-refractivity contribution >= 4 is 0 Å². The Bertz CT molecular complexity index is 434. The molecule has 0 saturated carbocycles. The molecule has 1 aromatic rings. The van der Waals surface area contributed by atoms with Crippen molar-refractivity contribution < 1.29 is 4.74 Å². The van der Waals surface area contributed by atoms with Crippen LogP contribution >= 0.6 is 0 Å². The smallest absolute Gasteiger partial charge is 0.0832 e. The van der Waals surface area contributed by atoms with Crippen LogP contribution in [0.4, 0.5) is 0 Å². The molecule has 0 spiro atoms. The lowest BCUT2D eigenvalue weighted by molar-refractivity contribution is -0.0557. The fourth-order valence-corrected chi connectivity index (χ4v) is 3.99. The van der Waals surface area contributed by atoms with Gasteiger partial charge in [0, 0.05) is 31.0 Å². The molecular weight excluding hydrogens is 260 g/mol. The Hall–Kier alpha value is -0.930. The van der Waals surface area contributed by atoms with Gasteiger partial charge in [-0.2, -0.15) is 0 Å². The summed E-state index contributed by atoms with van der Waals surface area (Å²) in [6, 6.07) is 4.63. The molecule has 0 amide bonds. The van der Waals surface area contributed by atoms with Gasteiger partial charge in [-0.15, -0.1) is 0 Å². The van der Waals surface area contributed by atoms with E-state index in [4.69, 9.17) is 9.72 Å². The average Bonchev–Trinajstić information content (AvgIpc) is 2.55. The first-order valence-electron chi connectivity index (χ1n) is 8.44. The highest BCUT2D eigenvalue weighted by Crippen LogP contribution is 2.39. The van der Waals surface area contributed by atoms with E-state index >= 15 is 0 Å². The molecule has 1 heterocycles. The van der Waals surface area contributed by atoms with Crippen LogP contribution < -0.4 is 5.32 Å². The van der Waals surface area contributed by atoms with E-state index in [9.17, 15) is 0 Å². The molecule has 3 nitrogen and oxygen atoms in total. The molecule has 3 heteroatoms. The van der Waals surface area contributed by atoms with E-state index < -0.39 is 0 Å². The summed E-state index contributed by atoms with van der Waals surface area (Å²) in [5.74, 6) is 0.453. The third-order valence-corrected chi connectivity index (χ3v) is 5.24. The van der Waals surface area contributed by atoms with Crippen LogP contribution in [-0.2, 0) is 11.2 Å². The summed E-state index contributed by atoms with van der Waals surface area (Å²) in [4.78, 5) is 4.72. The predicted octanol–water partition coefficient (Wildman–Crippen LogP) is 3.68. The molecule has 2 unspecified atom stereocenters. The highest BCUT2D eigenvalue weighted by molar-refractivity contribution is 5.28. The predicted molar refractivity (Wildman–Crippen MR) is 87.7 cm³/mol. The van der Waals surface area contributed by atoms with Gasteiger partial charge in [-0.05, 0) is 50.3 Å². The average molecular weight is 290 g/mol. The van der Waals surface area contributed by atoms with Crippen molar-refractivity contribution in [2.45, 2.75) is 70.4 Å². The van der Waals surface area contributed by atoms with Gasteiger partial charge in [0.2, 0.25) is 0 Å². The summed E-state index contributed by atoms with van der Waals surface area (Å²) in [6.45, 7) is 7.62. The van der Waals surface area contributed by atoms with Crippen molar-refractivity contribution in [3.63, 3.8) is 0 Å². The second kappa shape index (κ2) is 7.37. The molecule has 0 fully saturated rings. The van der Waals surface area contributed by atoms with Crippen molar-refractivity contribution in [2.75, 3.05) is 13.7 Å². The summed E-state index contributed by atoms with van der Waals surface area (Å²) in [5.41, 5.74) is 2.61. The van der Waals surface area contributed by atoms with E-state index in [1.807, 2.05) is 13.3 Å². The number of hydrogen-bond acceptors (Lipinski definition) is 3. The lowest BCUT2D eigenvalue weighted by Gasteiger charge is -2.44. The first kappa shape index (κ1) is 16.4.